The Balaban J connectivity index is 2.26. The van der Waals surface area contributed by atoms with E-state index in [-0.39, 0.29) is 11.4 Å². The second-order valence-corrected chi connectivity index (χ2v) is 3.85. The summed E-state index contributed by atoms with van der Waals surface area (Å²) in [6.07, 6.45) is 0. The molecule has 6 nitrogen and oxygen atoms in total. The first-order chi connectivity index (χ1) is 9.06. The first-order valence-electron chi connectivity index (χ1n) is 5.40. The van der Waals surface area contributed by atoms with Crippen LogP contribution in [-0.2, 0) is 0 Å². The molecule has 0 amide bonds. The maximum Gasteiger partial charge on any atom is 0.268 e. The van der Waals surface area contributed by atoms with Gasteiger partial charge in [-0.05, 0) is 0 Å². The summed E-state index contributed by atoms with van der Waals surface area (Å²) < 4.78 is 0. The van der Waals surface area contributed by atoms with E-state index in [0.29, 0.717) is 10.9 Å². The normalized spacial score (nSPS) is 9.89. The highest BCUT2D eigenvalue weighted by atomic mass is 16.6. The average molecular weight is 255 g/mol. The van der Waals surface area contributed by atoms with Gasteiger partial charge in [-0.2, -0.15) is 0 Å². The predicted molar refractivity (Wildman–Crippen MR) is 71.2 cm³/mol. The van der Waals surface area contributed by atoms with Crippen molar-refractivity contribution < 1.29 is 9.85 Å². The van der Waals surface area contributed by atoms with Crippen LogP contribution in [0.5, 0.6) is 0 Å². The van der Waals surface area contributed by atoms with E-state index in [1.54, 1.807) is 31.5 Å². The van der Waals surface area contributed by atoms with Crippen LogP contribution in [0.2, 0.25) is 0 Å². The van der Waals surface area contributed by atoms with Gasteiger partial charge in [-0.25, -0.2) is 0 Å². The van der Waals surface area contributed by atoms with Crippen LogP contribution in [0, 0.1) is 20.2 Å². The molecule has 1 radical (unpaired) electrons. The van der Waals surface area contributed by atoms with Crippen LogP contribution in [0.25, 0.3) is 0 Å². The van der Waals surface area contributed by atoms with Gasteiger partial charge in [-0.3, -0.25) is 20.2 Å². The molecule has 0 saturated heterocycles. The fraction of sp³-hybridized carbons (Fsp3) is 0. The number of non-ortho nitro benzene ring substituents is 2. The first kappa shape index (κ1) is 12.8. The van der Waals surface area contributed by atoms with Gasteiger partial charge in [0.2, 0.25) is 0 Å². The number of hydrogen-bond donors (Lipinski definition) is 0. The van der Waals surface area contributed by atoms with E-state index in [9.17, 15) is 20.2 Å². The number of nitro benzene ring substituents is 2. The molecule has 2 aromatic carbocycles. The van der Waals surface area contributed by atoms with Crippen molar-refractivity contribution in [3.63, 3.8) is 0 Å². The lowest BCUT2D eigenvalue weighted by molar-refractivity contribution is -0.384. The molecule has 0 aliphatic rings. The van der Waals surface area contributed by atoms with Crippen LogP contribution in [-0.4, -0.2) is 17.1 Å². The molecule has 0 aliphatic heterocycles. The summed E-state index contributed by atoms with van der Waals surface area (Å²) in [5, 5.41) is 21.3. The molecule has 19 heavy (non-hydrogen) atoms. The van der Waals surface area contributed by atoms with E-state index >= 15 is 0 Å². The van der Waals surface area contributed by atoms with Crippen LogP contribution in [0.3, 0.4) is 0 Å². The largest absolute Gasteiger partial charge is 0.268 e. The maximum atomic E-state index is 10.7. The number of benzene rings is 2. The lowest BCUT2D eigenvalue weighted by Crippen LogP contribution is -2.27. The summed E-state index contributed by atoms with van der Waals surface area (Å²) >= 11 is 0. The molecule has 0 N–H and O–H groups in total. The van der Waals surface area contributed by atoms with Gasteiger partial charge in [0, 0.05) is 24.3 Å². The molecule has 0 unspecified atom stereocenters. The summed E-state index contributed by atoms with van der Waals surface area (Å²) in [6.45, 7) is 0. The molecule has 7 heteroatoms. The second-order valence-electron chi connectivity index (χ2n) is 3.85. The summed E-state index contributed by atoms with van der Waals surface area (Å²) in [4.78, 5) is 20.3. The summed E-state index contributed by atoms with van der Waals surface area (Å²) in [5.74, 6) is 0. The Hall–Kier alpha value is -2.70. The minimum atomic E-state index is -0.481. The Morgan fingerprint density at radius 3 is 1.58 bits per heavy atom. The third-order valence-corrected chi connectivity index (χ3v) is 2.50. The minimum Gasteiger partial charge on any atom is -0.258 e. The van der Waals surface area contributed by atoms with Crippen molar-refractivity contribution in [2.45, 2.75) is 0 Å². The molecule has 0 aliphatic carbocycles. The van der Waals surface area contributed by atoms with Crippen LogP contribution < -0.4 is 10.9 Å². The molecular formula is C12H8BN2O4. The number of nitrogens with zero attached hydrogens (tertiary/aromatic N) is 2. The maximum absolute atomic E-state index is 10.7. The minimum absolute atomic E-state index is 0.0146. The van der Waals surface area contributed by atoms with Crippen molar-refractivity contribution in [3.8, 4) is 0 Å². The van der Waals surface area contributed by atoms with E-state index in [1.165, 1.54) is 24.3 Å². The predicted octanol–water partition coefficient (Wildman–Crippen LogP) is 1.16. The van der Waals surface area contributed by atoms with Gasteiger partial charge in [0.25, 0.3) is 11.4 Å². The Labute approximate surface area is 109 Å². The van der Waals surface area contributed by atoms with Crippen LogP contribution in [0.4, 0.5) is 11.4 Å². The molecule has 0 fully saturated rings. The van der Waals surface area contributed by atoms with E-state index in [0.717, 1.165) is 0 Å². The zero-order chi connectivity index (χ0) is 13.8. The number of hydrogen-bond acceptors (Lipinski definition) is 4. The van der Waals surface area contributed by atoms with E-state index in [1.807, 2.05) is 0 Å². The zero-order valence-corrected chi connectivity index (χ0v) is 9.72. The highest BCUT2D eigenvalue weighted by molar-refractivity contribution is 6.67. The van der Waals surface area contributed by atoms with Crippen molar-refractivity contribution in [2.75, 3.05) is 0 Å². The SMILES string of the molecule is O=[N+]([O-])c1cccc([B]c2cccc([N+](=O)[O-])c2)c1. The molecule has 0 atom stereocenters. The van der Waals surface area contributed by atoms with Gasteiger partial charge in [0.1, 0.15) is 0 Å². The van der Waals surface area contributed by atoms with Crippen LogP contribution >= 0.6 is 0 Å². The number of nitro groups is 2. The van der Waals surface area contributed by atoms with Crippen molar-refractivity contribution in [3.05, 3.63) is 68.8 Å². The quantitative estimate of drug-likeness (QED) is 0.466. The van der Waals surface area contributed by atoms with Crippen molar-refractivity contribution >= 4 is 29.6 Å². The fourth-order valence-electron chi connectivity index (χ4n) is 1.65. The van der Waals surface area contributed by atoms with Gasteiger partial charge in [-0.15, -0.1) is 0 Å². The molecular weight excluding hydrogens is 247 g/mol. The van der Waals surface area contributed by atoms with E-state index < -0.39 is 9.85 Å². The Morgan fingerprint density at radius 2 is 1.21 bits per heavy atom. The fourth-order valence-corrected chi connectivity index (χ4v) is 1.65. The zero-order valence-electron chi connectivity index (χ0n) is 9.72. The lowest BCUT2D eigenvalue weighted by atomic mass is 9.64. The molecule has 93 valence electrons. The van der Waals surface area contributed by atoms with Crippen LogP contribution in [0.15, 0.2) is 48.5 Å². The third kappa shape index (κ3) is 3.15. The molecule has 0 bridgehead atoms. The van der Waals surface area contributed by atoms with Gasteiger partial charge in [-0.1, -0.05) is 35.2 Å². The lowest BCUT2D eigenvalue weighted by Gasteiger charge is -2.00. The number of rotatable bonds is 4. The van der Waals surface area contributed by atoms with Crippen molar-refractivity contribution in [1.82, 2.24) is 0 Å². The third-order valence-electron chi connectivity index (χ3n) is 2.50. The first-order valence-corrected chi connectivity index (χ1v) is 5.40. The van der Waals surface area contributed by atoms with Crippen molar-refractivity contribution in [2.24, 2.45) is 0 Å². The molecule has 2 aromatic rings. The molecule has 0 saturated carbocycles. The van der Waals surface area contributed by atoms with Crippen molar-refractivity contribution in [1.29, 1.82) is 0 Å². The highest BCUT2D eigenvalue weighted by Gasteiger charge is 2.09. The molecule has 2 rings (SSSR count). The highest BCUT2D eigenvalue weighted by Crippen LogP contribution is 2.08. The van der Waals surface area contributed by atoms with Gasteiger partial charge in [0.05, 0.1) is 9.85 Å². The Bertz CT molecular complexity index is 590. The standard InChI is InChI=1S/C12H8BN2O4/c16-14(17)11-5-1-3-9(7-11)13-10-4-2-6-12(8-10)15(18)19/h1-8H. The van der Waals surface area contributed by atoms with Crippen LogP contribution in [0.1, 0.15) is 0 Å². The molecule has 0 aromatic heterocycles. The summed E-state index contributed by atoms with van der Waals surface area (Å²) in [7, 11) is 1.65. The smallest absolute Gasteiger partial charge is 0.258 e. The van der Waals surface area contributed by atoms with Gasteiger partial charge < -0.3 is 0 Å². The van der Waals surface area contributed by atoms with Gasteiger partial charge >= 0.3 is 0 Å². The summed E-state index contributed by atoms with van der Waals surface area (Å²) in [6, 6.07) is 12.2. The van der Waals surface area contributed by atoms with E-state index in [4.69, 9.17) is 0 Å². The Kier molecular flexibility index (Phi) is 3.56. The summed E-state index contributed by atoms with van der Waals surface area (Å²) in [5.41, 5.74) is 1.21. The molecule has 0 heterocycles. The second kappa shape index (κ2) is 5.30. The topological polar surface area (TPSA) is 86.3 Å². The van der Waals surface area contributed by atoms with Gasteiger partial charge in [0.15, 0.2) is 7.28 Å². The monoisotopic (exact) mass is 255 g/mol. The Morgan fingerprint density at radius 1 is 0.789 bits per heavy atom. The average Bonchev–Trinajstić information content (AvgIpc) is 2.39. The van der Waals surface area contributed by atoms with E-state index in [2.05, 4.69) is 0 Å². The molecule has 0 spiro atoms.